The van der Waals surface area contributed by atoms with Crippen LogP contribution in [-0.2, 0) is 15.3 Å². The van der Waals surface area contributed by atoms with E-state index in [9.17, 15) is 21.2 Å². The Balaban J connectivity index is 1.93. The van der Waals surface area contributed by atoms with Crippen LogP contribution in [-0.4, -0.2) is 54.7 Å². The van der Waals surface area contributed by atoms with Crippen LogP contribution in [0, 0.1) is 0 Å². The fourth-order valence-corrected chi connectivity index (χ4v) is 3.75. The summed E-state index contributed by atoms with van der Waals surface area (Å²) in [4.78, 5) is 28.4. The molecule has 0 bridgehead atoms. The third-order valence-corrected chi connectivity index (χ3v) is 5.23. The molecule has 1 fully saturated rings. The molecule has 0 aliphatic carbocycles. The van der Waals surface area contributed by atoms with Gasteiger partial charge in [0.05, 0.1) is 5.75 Å². The molecule has 1 aromatic carbocycles. The lowest BCUT2D eigenvalue weighted by Crippen LogP contribution is -2.53. The Hall–Kier alpha value is -2.10. The van der Waals surface area contributed by atoms with E-state index in [-0.39, 0.29) is 11.5 Å². The summed E-state index contributed by atoms with van der Waals surface area (Å²) in [6.07, 6.45) is -1.14. The summed E-state index contributed by atoms with van der Waals surface area (Å²) < 4.78 is 43.5. The third-order valence-electron chi connectivity index (χ3n) is 4.57. The molecule has 2 amide bonds. The van der Waals surface area contributed by atoms with Crippen molar-refractivity contribution in [2.45, 2.75) is 51.5 Å². The summed E-state index contributed by atoms with van der Waals surface area (Å²) in [5.41, 5.74) is 0.501. The molecule has 1 atom stereocenters. The van der Waals surface area contributed by atoms with Crippen molar-refractivity contribution in [2.75, 3.05) is 31.1 Å². The van der Waals surface area contributed by atoms with Crippen LogP contribution in [0.3, 0.4) is 0 Å². The summed E-state index contributed by atoms with van der Waals surface area (Å²) >= 11 is -5.10. The standard InChI is InChI=1S/C20H30F3N3O3S/c1-5-17(29-19(28)24-20(2,3)4)18(27)26-11-9-25(10-12-26)16-8-6-7-15(13-16)14-30(21,22)23/h6-8,13,17H,5,9-12,14H2,1-4H3,(H,24,28)/t17-/m0/s1. The highest BCUT2D eigenvalue weighted by molar-refractivity contribution is 8.20. The van der Waals surface area contributed by atoms with Crippen LogP contribution >= 0.6 is 11.2 Å². The Bertz CT molecular complexity index is 745. The van der Waals surface area contributed by atoms with Crippen molar-refractivity contribution in [1.29, 1.82) is 0 Å². The normalized spacial score (nSPS) is 16.8. The molecule has 2 rings (SSSR count). The number of amides is 2. The Morgan fingerprint density at radius 2 is 1.80 bits per heavy atom. The van der Waals surface area contributed by atoms with Gasteiger partial charge in [-0.15, -0.1) is 11.7 Å². The maximum atomic E-state index is 12.8. The van der Waals surface area contributed by atoms with E-state index in [0.717, 1.165) is 5.69 Å². The molecule has 0 aromatic heterocycles. The molecule has 1 aromatic rings. The second kappa shape index (κ2) is 9.80. The van der Waals surface area contributed by atoms with Gasteiger partial charge in [-0.05, 0) is 44.9 Å². The molecule has 1 N–H and O–H groups in total. The van der Waals surface area contributed by atoms with Gasteiger partial charge in [-0.25, -0.2) is 4.79 Å². The zero-order valence-electron chi connectivity index (χ0n) is 17.8. The first-order valence-electron chi connectivity index (χ1n) is 9.89. The minimum atomic E-state index is -5.10. The van der Waals surface area contributed by atoms with Crippen molar-refractivity contribution < 1.29 is 26.0 Å². The van der Waals surface area contributed by atoms with Crippen LogP contribution in [0.2, 0.25) is 0 Å². The van der Waals surface area contributed by atoms with Crippen molar-refractivity contribution in [1.82, 2.24) is 10.2 Å². The van der Waals surface area contributed by atoms with E-state index in [2.05, 4.69) is 5.32 Å². The van der Waals surface area contributed by atoms with E-state index < -0.39 is 34.7 Å². The lowest BCUT2D eigenvalue weighted by Gasteiger charge is -2.37. The van der Waals surface area contributed by atoms with Crippen molar-refractivity contribution in [2.24, 2.45) is 0 Å². The molecule has 1 aliphatic rings. The number of alkyl carbamates (subject to hydrolysis) is 1. The number of carbonyl (C=O) groups is 2. The van der Waals surface area contributed by atoms with Crippen LogP contribution in [0.5, 0.6) is 0 Å². The molecule has 0 saturated carbocycles. The van der Waals surface area contributed by atoms with Crippen molar-refractivity contribution >= 4 is 28.9 Å². The molecule has 1 aliphatic heterocycles. The summed E-state index contributed by atoms with van der Waals surface area (Å²) in [6.45, 7) is 9.06. The fourth-order valence-electron chi connectivity index (χ4n) is 3.19. The van der Waals surface area contributed by atoms with Crippen LogP contribution in [0.4, 0.5) is 22.1 Å². The molecule has 1 heterocycles. The number of hydrogen-bond donors (Lipinski definition) is 1. The lowest BCUT2D eigenvalue weighted by atomic mass is 10.1. The molecule has 0 radical (unpaired) electrons. The number of benzene rings is 1. The van der Waals surface area contributed by atoms with Gasteiger partial charge in [0.15, 0.2) is 6.10 Å². The van der Waals surface area contributed by atoms with Gasteiger partial charge in [0, 0.05) is 37.4 Å². The average molecular weight is 450 g/mol. The molecule has 0 unspecified atom stereocenters. The monoisotopic (exact) mass is 449 g/mol. The molecular formula is C20H30F3N3O3S. The first-order chi connectivity index (χ1) is 13.9. The Morgan fingerprint density at radius 3 is 2.33 bits per heavy atom. The van der Waals surface area contributed by atoms with Gasteiger partial charge in [0.25, 0.3) is 5.91 Å². The minimum absolute atomic E-state index is 0.248. The smallest absolute Gasteiger partial charge is 0.408 e. The second-order valence-electron chi connectivity index (χ2n) is 8.31. The van der Waals surface area contributed by atoms with Crippen LogP contribution in [0.25, 0.3) is 0 Å². The first kappa shape index (κ1) is 24.2. The van der Waals surface area contributed by atoms with Crippen LogP contribution in [0.1, 0.15) is 39.7 Å². The molecule has 30 heavy (non-hydrogen) atoms. The number of halogens is 3. The average Bonchev–Trinajstić information content (AvgIpc) is 2.63. The van der Waals surface area contributed by atoms with Gasteiger partial charge in [0.1, 0.15) is 0 Å². The number of nitrogens with zero attached hydrogens (tertiary/aromatic N) is 2. The Labute approximate surface area is 177 Å². The number of ether oxygens (including phenoxy) is 1. The number of nitrogens with one attached hydrogen (secondary N) is 1. The highest BCUT2D eigenvalue weighted by Crippen LogP contribution is 2.56. The largest absolute Gasteiger partial charge is 0.436 e. The first-order valence-corrected chi connectivity index (χ1v) is 11.4. The van der Waals surface area contributed by atoms with Crippen molar-refractivity contribution in [3.8, 4) is 0 Å². The second-order valence-corrected chi connectivity index (χ2v) is 9.60. The Kier molecular flexibility index (Phi) is 7.90. The maximum Gasteiger partial charge on any atom is 0.408 e. The van der Waals surface area contributed by atoms with Gasteiger partial charge < -0.3 is 19.9 Å². The number of carbonyl (C=O) groups excluding carboxylic acids is 2. The highest BCUT2D eigenvalue weighted by atomic mass is 32.3. The van der Waals surface area contributed by atoms with E-state index in [1.165, 1.54) is 6.07 Å². The maximum absolute atomic E-state index is 12.8. The fraction of sp³-hybridized carbons (Fsp3) is 0.600. The number of rotatable bonds is 6. The zero-order chi connectivity index (χ0) is 22.5. The van der Waals surface area contributed by atoms with E-state index in [4.69, 9.17) is 4.74 Å². The summed E-state index contributed by atoms with van der Waals surface area (Å²) in [5.74, 6) is -1.14. The number of anilines is 1. The van der Waals surface area contributed by atoms with Gasteiger partial charge >= 0.3 is 6.09 Å². The van der Waals surface area contributed by atoms with E-state index in [0.29, 0.717) is 32.6 Å². The third kappa shape index (κ3) is 7.62. The molecule has 6 nitrogen and oxygen atoms in total. The quantitative estimate of drug-likeness (QED) is 0.690. The van der Waals surface area contributed by atoms with E-state index in [1.54, 1.807) is 30.0 Å². The van der Waals surface area contributed by atoms with Gasteiger partial charge in [0.2, 0.25) is 11.2 Å². The topological polar surface area (TPSA) is 61.9 Å². The lowest BCUT2D eigenvalue weighted by molar-refractivity contribution is -0.140. The van der Waals surface area contributed by atoms with Crippen molar-refractivity contribution in [3.63, 3.8) is 0 Å². The summed E-state index contributed by atoms with van der Waals surface area (Å²) in [7, 11) is 0. The van der Waals surface area contributed by atoms with Crippen molar-refractivity contribution in [3.05, 3.63) is 29.8 Å². The van der Waals surface area contributed by atoms with E-state index in [1.807, 2.05) is 25.7 Å². The molecule has 10 heteroatoms. The molecule has 170 valence electrons. The molecule has 0 spiro atoms. The Morgan fingerprint density at radius 1 is 1.17 bits per heavy atom. The van der Waals surface area contributed by atoms with E-state index >= 15 is 0 Å². The predicted molar refractivity (Wildman–Crippen MR) is 113 cm³/mol. The number of hydrogen-bond acceptors (Lipinski definition) is 4. The minimum Gasteiger partial charge on any atom is -0.436 e. The molecule has 1 saturated heterocycles. The SMILES string of the molecule is CC[C@H](OC(=O)NC(C)(C)C)C(=O)N1CCN(c2cccc(CS(F)(F)F)c2)CC1. The summed E-state index contributed by atoms with van der Waals surface area (Å²) in [5, 5.41) is 2.67. The zero-order valence-corrected chi connectivity index (χ0v) is 18.6. The predicted octanol–water partition coefficient (Wildman–Crippen LogP) is 4.60. The van der Waals surface area contributed by atoms with Crippen LogP contribution in [0.15, 0.2) is 24.3 Å². The summed E-state index contributed by atoms with van der Waals surface area (Å²) in [6, 6.07) is 6.45. The highest BCUT2D eigenvalue weighted by Gasteiger charge is 2.30. The van der Waals surface area contributed by atoms with Gasteiger partial charge in [-0.2, -0.15) is 0 Å². The van der Waals surface area contributed by atoms with Gasteiger partial charge in [-0.3, -0.25) is 4.79 Å². The molecular weight excluding hydrogens is 419 g/mol. The number of piperazine rings is 1. The van der Waals surface area contributed by atoms with Gasteiger partial charge in [-0.1, -0.05) is 19.1 Å². The van der Waals surface area contributed by atoms with Crippen LogP contribution < -0.4 is 10.2 Å².